The standard InChI is InChI=1S/Fe.Mg.Na.H6O13P4.3H/c;;;1-14(2,3)11-17(10,12-15(4,5)6)13-16(7,8)9;;;/h;;;(H2,1,2,3)(H2,4,5,6)(H2,7,8,9);;;. The zero-order valence-electron chi connectivity index (χ0n) is 7.68. The van der Waals surface area contributed by atoms with Crippen molar-refractivity contribution in [1.82, 2.24) is 0 Å². The van der Waals surface area contributed by atoms with Gasteiger partial charge < -0.3 is 29.4 Å². The van der Waals surface area contributed by atoms with Crippen molar-refractivity contribution < 1.29 is 77.6 Å². The van der Waals surface area contributed by atoms with Crippen molar-refractivity contribution in [3.63, 3.8) is 0 Å². The first-order valence-corrected chi connectivity index (χ1v) is 9.08. The SMILES string of the molecule is O=P(O)(O)OP(=O)(OP(=O)(O)O)OP(=O)(O)O.[Fe].[MgH2].[NaH]. The summed E-state index contributed by atoms with van der Waals surface area (Å²) in [7, 11) is -22.9. The van der Waals surface area contributed by atoms with Crippen LogP contribution in [0, 0.1) is 0 Å². The van der Waals surface area contributed by atoms with Gasteiger partial charge in [-0.15, -0.1) is 0 Å². The van der Waals surface area contributed by atoms with E-state index in [1.54, 1.807) is 0 Å². The molecule has 0 bridgehead atoms. The summed E-state index contributed by atoms with van der Waals surface area (Å²) in [5, 5.41) is 0. The van der Waals surface area contributed by atoms with Gasteiger partial charge in [0.05, 0.1) is 0 Å². The molecule has 0 unspecified atom stereocenters. The first-order chi connectivity index (χ1) is 7.12. The molecule has 0 aromatic carbocycles. The van der Waals surface area contributed by atoms with Crippen LogP contribution in [0.15, 0.2) is 0 Å². The summed E-state index contributed by atoms with van der Waals surface area (Å²) in [6.45, 7) is 0. The molecule has 0 aromatic heterocycles. The van der Waals surface area contributed by atoms with Crippen molar-refractivity contribution in [2.45, 2.75) is 0 Å². The van der Waals surface area contributed by atoms with Gasteiger partial charge in [-0.05, 0) is 0 Å². The van der Waals surface area contributed by atoms with Crippen LogP contribution in [0.5, 0.6) is 0 Å². The van der Waals surface area contributed by atoms with Crippen molar-refractivity contribution >= 4 is 83.9 Å². The first kappa shape index (κ1) is 30.7. The molecule has 13 nitrogen and oxygen atoms in total. The Labute approximate surface area is 160 Å². The van der Waals surface area contributed by atoms with Crippen LogP contribution in [0.3, 0.4) is 0 Å². The average Bonchev–Trinajstić information content (AvgIpc) is 1.65. The van der Waals surface area contributed by atoms with Crippen LogP contribution in [0.25, 0.3) is 0 Å². The molecule has 0 aliphatic heterocycles. The molecule has 0 amide bonds. The fourth-order valence-electron chi connectivity index (χ4n) is 0.436. The van der Waals surface area contributed by atoms with Gasteiger partial charge >= 0.3 is 83.9 Å². The predicted molar refractivity (Wildman–Crippen MR) is 62.7 cm³/mol. The van der Waals surface area contributed by atoms with Gasteiger partial charge in [0.2, 0.25) is 0 Å². The number of hydrogen-bond acceptors (Lipinski definition) is 7. The Morgan fingerprint density at radius 2 is 0.750 bits per heavy atom. The summed E-state index contributed by atoms with van der Waals surface area (Å²) in [6.07, 6.45) is 0. The van der Waals surface area contributed by atoms with Crippen LogP contribution >= 0.6 is 31.3 Å². The number of phosphoric acid groups is 4. The van der Waals surface area contributed by atoms with Crippen molar-refractivity contribution in [1.29, 1.82) is 0 Å². The molecule has 0 radical (unpaired) electrons. The molecular formula is H9FeMgNaO13P4. The average molecular weight is 444 g/mol. The molecule has 6 N–H and O–H groups in total. The van der Waals surface area contributed by atoms with Crippen LogP contribution in [0.1, 0.15) is 0 Å². The second-order valence-corrected chi connectivity index (χ2v) is 7.96. The molecule has 0 aliphatic rings. The van der Waals surface area contributed by atoms with E-state index in [0.717, 1.165) is 0 Å². The van der Waals surface area contributed by atoms with Gasteiger partial charge in [-0.3, -0.25) is 0 Å². The summed E-state index contributed by atoms with van der Waals surface area (Å²) < 4.78 is 51.4. The Balaban J connectivity index is -0.000000427. The minimum absolute atomic E-state index is 0. The van der Waals surface area contributed by atoms with Gasteiger partial charge in [0.1, 0.15) is 0 Å². The van der Waals surface area contributed by atoms with E-state index < -0.39 is 31.3 Å². The topological polar surface area (TPSA) is 217 Å². The van der Waals surface area contributed by atoms with Crippen LogP contribution in [-0.4, -0.2) is 82.0 Å². The minimum atomic E-state index is -5.87. The Morgan fingerprint density at radius 3 is 0.850 bits per heavy atom. The van der Waals surface area contributed by atoms with Gasteiger partial charge in [-0.1, -0.05) is 0 Å². The fraction of sp³-hybridized carbons (Fsp3) is 0. The molecule has 0 fully saturated rings. The third kappa shape index (κ3) is 18.9. The fourth-order valence-corrected chi connectivity index (χ4v) is 4.72. The summed E-state index contributed by atoms with van der Waals surface area (Å²) in [5.41, 5.74) is 0. The zero-order valence-corrected chi connectivity index (χ0v) is 12.4. The van der Waals surface area contributed by atoms with Gasteiger partial charge in [0.15, 0.2) is 0 Å². The molecular weight excluding hydrogens is 435 g/mol. The van der Waals surface area contributed by atoms with E-state index in [4.69, 9.17) is 29.4 Å². The molecule has 0 spiro atoms. The third-order valence-corrected chi connectivity index (χ3v) is 5.57. The van der Waals surface area contributed by atoms with E-state index in [1.165, 1.54) is 0 Å². The summed E-state index contributed by atoms with van der Waals surface area (Å²) in [5.74, 6) is 0. The van der Waals surface area contributed by atoms with Crippen LogP contribution < -0.4 is 0 Å². The Bertz CT molecular complexity index is 388. The van der Waals surface area contributed by atoms with Crippen LogP contribution in [-0.2, 0) is 48.3 Å². The van der Waals surface area contributed by atoms with E-state index >= 15 is 0 Å². The maximum absolute atomic E-state index is 11.1. The molecule has 20 heavy (non-hydrogen) atoms. The maximum atomic E-state index is 11.1. The first-order valence-electron chi connectivity index (χ1n) is 3.03. The Hall–Kier alpha value is 2.85. The number of hydrogen-bond donors (Lipinski definition) is 6. The van der Waals surface area contributed by atoms with Gasteiger partial charge in [-0.2, -0.15) is 12.9 Å². The van der Waals surface area contributed by atoms with E-state index in [-0.39, 0.29) is 69.7 Å². The molecule has 0 aromatic rings. The van der Waals surface area contributed by atoms with E-state index in [2.05, 4.69) is 12.9 Å². The second-order valence-electron chi connectivity index (χ2n) is 2.16. The summed E-state index contributed by atoms with van der Waals surface area (Å²) >= 11 is 0. The van der Waals surface area contributed by atoms with Crippen LogP contribution in [0.4, 0.5) is 0 Å². The molecule has 20 heteroatoms. The van der Waals surface area contributed by atoms with E-state index in [9.17, 15) is 18.3 Å². The van der Waals surface area contributed by atoms with Gasteiger partial charge in [0.25, 0.3) is 0 Å². The molecule has 0 atom stereocenters. The quantitative estimate of drug-likeness (QED) is 0.191. The Kier molecular flexibility index (Phi) is 16.4. The van der Waals surface area contributed by atoms with Crippen molar-refractivity contribution in [2.24, 2.45) is 0 Å². The van der Waals surface area contributed by atoms with Crippen LogP contribution in [0.2, 0.25) is 0 Å². The van der Waals surface area contributed by atoms with Gasteiger partial charge in [0, 0.05) is 17.1 Å². The summed E-state index contributed by atoms with van der Waals surface area (Å²) in [6, 6.07) is 0. The summed E-state index contributed by atoms with van der Waals surface area (Å²) in [4.78, 5) is 49.2. The molecule has 0 heterocycles. The number of rotatable bonds is 6. The van der Waals surface area contributed by atoms with E-state index in [0.29, 0.717) is 0 Å². The van der Waals surface area contributed by atoms with Crippen molar-refractivity contribution in [3.05, 3.63) is 0 Å². The molecule has 0 rings (SSSR count). The predicted octanol–water partition coefficient (Wildman–Crippen LogP) is -2.14. The zero-order chi connectivity index (χ0) is 14.1. The normalized spacial score (nSPS) is 12.7. The molecule has 118 valence electrons. The van der Waals surface area contributed by atoms with Crippen molar-refractivity contribution in [3.8, 4) is 0 Å². The third-order valence-electron chi connectivity index (χ3n) is 0.619. The Morgan fingerprint density at radius 1 is 0.600 bits per heavy atom. The molecule has 0 saturated carbocycles. The van der Waals surface area contributed by atoms with Gasteiger partial charge in [-0.25, -0.2) is 18.3 Å². The second kappa shape index (κ2) is 10.7. The van der Waals surface area contributed by atoms with E-state index in [1.807, 2.05) is 0 Å². The molecule has 0 aliphatic carbocycles. The molecule has 0 saturated heterocycles. The van der Waals surface area contributed by atoms with Crippen molar-refractivity contribution in [2.75, 3.05) is 0 Å². The monoisotopic (exact) mass is 444 g/mol.